The Morgan fingerprint density at radius 3 is 2.16 bits per heavy atom. The molecule has 1 fully saturated rings. The number of benzene rings is 2. The van der Waals surface area contributed by atoms with Gasteiger partial charge in [0.2, 0.25) is 5.91 Å². The van der Waals surface area contributed by atoms with Gasteiger partial charge in [0, 0.05) is 24.2 Å². The molecule has 0 spiro atoms. The number of halogens is 4. The fourth-order valence-electron chi connectivity index (χ4n) is 3.70. The molecule has 2 aromatic carbocycles. The maximum Gasteiger partial charge on any atom is 0.490 e. The maximum absolute atomic E-state index is 14.7. The summed E-state index contributed by atoms with van der Waals surface area (Å²) in [6, 6.07) is 12.1. The van der Waals surface area contributed by atoms with Gasteiger partial charge in [-0.1, -0.05) is 18.2 Å². The lowest BCUT2D eigenvalue weighted by molar-refractivity contribution is -0.192. The number of carbonyl (C=O) groups is 3. The Hall–Kier alpha value is -3.93. The third-order valence-corrected chi connectivity index (χ3v) is 5.75. The van der Waals surface area contributed by atoms with E-state index in [1.54, 1.807) is 13.2 Å². The number of methoxy groups -OCH3 is 1. The summed E-state index contributed by atoms with van der Waals surface area (Å²) in [5, 5.41) is 15.8. The standard InChI is InChI=1S/C23H24FN3O3.C2HF3O2/c1-30-17-5-2-4-14(10-17)15-8-9-21(20(24)11-15)27-23(29)19-7-3-6-18(19)22(28)26-16-12-25-13-16;3-2(4,5)1(6)7/h2,4-5,8-11,16,25H,3,6-7,12-13H2,1H3,(H,26,28)(H,27,29);(H,6,7). The van der Waals surface area contributed by atoms with Crippen LogP contribution in [0.3, 0.4) is 0 Å². The molecule has 1 heterocycles. The fourth-order valence-corrected chi connectivity index (χ4v) is 3.70. The van der Waals surface area contributed by atoms with Crippen LogP contribution >= 0.6 is 0 Å². The Morgan fingerprint density at radius 1 is 1.00 bits per heavy atom. The number of rotatable bonds is 6. The number of carboxylic acid groups (broad SMARTS) is 1. The highest BCUT2D eigenvalue weighted by Crippen LogP contribution is 2.30. The van der Waals surface area contributed by atoms with Crippen molar-refractivity contribution < 1.29 is 41.8 Å². The van der Waals surface area contributed by atoms with Crippen molar-refractivity contribution in [2.24, 2.45) is 0 Å². The molecular weight excluding hydrogens is 498 g/mol. The molecule has 4 rings (SSSR count). The zero-order valence-corrected chi connectivity index (χ0v) is 19.7. The predicted molar refractivity (Wildman–Crippen MR) is 126 cm³/mol. The highest BCUT2D eigenvalue weighted by molar-refractivity contribution is 6.10. The summed E-state index contributed by atoms with van der Waals surface area (Å²) in [5.74, 6) is -3.22. The second-order valence-corrected chi connectivity index (χ2v) is 8.32. The van der Waals surface area contributed by atoms with Gasteiger partial charge in [-0.2, -0.15) is 13.2 Å². The topological polar surface area (TPSA) is 117 Å². The molecule has 1 aliphatic carbocycles. The van der Waals surface area contributed by atoms with Gasteiger partial charge in [0.05, 0.1) is 18.8 Å². The fraction of sp³-hybridized carbons (Fsp3) is 0.320. The van der Waals surface area contributed by atoms with Crippen molar-refractivity contribution >= 4 is 23.5 Å². The highest BCUT2D eigenvalue weighted by Gasteiger charge is 2.38. The van der Waals surface area contributed by atoms with E-state index in [1.807, 2.05) is 24.3 Å². The van der Waals surface area contributed by atoms with Crippen molar-refractivity contribution in [2.45, 2.75) is 31.5 Å². The molecular formula is C25H25F4N3O5. The minimum Gasteiger partial charge on any atom is -0.497 e. The Balaban J connectivity index is 0.000000479. The van der Waals surface area contributed by atoms with Crippen LogP contribution in [0.1, 0.15) is 19.3 Å². The molecule has 0 saturated carbocycles. The predicted octanol–water partition coefficient (Wildman–Crippen LogP) is 3.64. The minimum atomic E-state index is -5.08. The zero-order valence-electron chi connectivity index (χ0n) is 19.7. The molecule has 0 unspecified atom stereocenters. The van der Waals surface area contributed by atoms with Gasteiger partial charge in [0.1, 0.15) is 11.6 Å². The smallest absolute Gasteiger partial charge is 0.490 e. The minimum absolute atomic E-state index is 0.0917. The van der Waals surface area contributed by atoms with Crippen molar-refractivity contribution in [2.75, 3.05) is 25.5 Å². The lowest BCUT2D eigenvalue weighted by atomic mass is 10.0. The monoisotopic (exact) mass is 523 g/mol. The van der Waals surface area contributed by atoms with Crippen LogP contribution in [-0.4, -0.2) is 55.3 Å². The van der Waals surface area contributed by atoms with Crippen LogP contribution in [0.2, 0.25) is 0 Å². The molecule has 1 saturated heterocycles. The van der Waals surface area contributed by atoms with Crippen molar-refractivity contribution in [3.05, 3.63) is 59.4 Å². The van der Waals surface area contributed by atoms with Crippen LogP contribution < -0.4 is 20.7 Å². The van der Waals surface area contributed by atoms with Crippen LogP contribution in [0.5, 0.6) is 5.75 Å². The van der Waals surface area contributed by atoms with Gasteiger partial charge >= 0.3 is 12.1 Å². The highest BCUT2D eigenvalue weighted by atomic mass is 19.4. The average Bonchev–Trinajstić information content (AvgIpc) is 3.33. The number of hydrogen-bond donors (Lipinski definition) is 4. The Morgan fingerprint density at radius 2 is 1.62 bits per heavy atom. The number of aliphatic carboxylic acids is 1. The van der Waals surface area contributed by atoms with Gasteiger partial charge < -0.3 is 25.8 Å². The number of ether oxygens (including phenoxy) is 1. The molecule has 8 nitrogen and oxygen atoms in total. The number of hydrogen-bond acceptors (Lipinski definition) is 5. The van der Waals surface area contributed by atoms with E-state index >= 15 is 0 Å². The molecule has 0 atom stereocenters. The van der Waals surface area contributed by atoms with E-state index in [0.717, 1.165) is 25.1 Å². The first-order valence-corrected chi connectivity index (χ1v) is 11.3. The van der Waals surface area contributed by atoms with E-state index in [0.29, 0.717) is 35.3 Å². The lowest BCUT2D eigenvalue weighted by Crippen LogP contribution is -2.57. The molecule has 12 heteroatoms. The molecule has 2 amide bonds. The van der Waals surface area contributed by atoms with Crippen LogP contribution in [0.15, 0.2) is 53.6 Å². The number of amides is 2. The first kappa shape index (κ1) is 27.7. The van der Waals surface area contributed by atoms with Gasteiger partial charge in [0.15, 0.2) is 0 Å². The van der Waals surface area contributed by atoms with Crippen molar-refractivity contribution in [1.29, 1.82) is 0 Å². The molecule has 0 aromatic heterocycles. The second kappa shape index (κ2) is 11.9. The summed E-state index contributed by atoms with van der Waals surface area (Å²) in [7, 11) is 1.58. The van der Waals surface area contributed by atoms with Crippen molar-refractivity contribution in [1.82, 2.24) is 10.6 Å². The molecule has 2 aliphatic rings. The van der Waals surface area contributed by atoms with E-state index in [9.17, 15) is 27.2 Å². The van der Waals surface area contributed by atoms with E-state index in [4.69, 9.17) is 14.6 Å². The molecule has 37 heavy (non-hydrogen) atoms. The number of anilines is 1. The largest absolute Gasteiger partial charge is 0.497 e. The third-order valence-electron chi connectivity index (χ3n) is 5.75. The Kier molecular flexibility index (Phi) is 8.87. The van der Waals surface area contributed by atoms with Gasteiger partial charge in [-0.25, -0.2) is 9.18 Å². The molecule has 4 N–H and O–H groups in total. The molecule has 0 bridgehead atoms. The third kappa shape index (κ3) is 7.29. The first-order valence-electron chi connectivity index (χ1n) is 11.3. The summed E-state index contributed by atoms with van der Waals surface area (Å²) in [6.45, 7) is 1.48. The quantitative estimate of drug-likeness (QED) is 0.430. The molecule has 198 valence electrons. The van der Waals surface area contributed by atoms with Crippen LogP contribution in [0, 0.1) is 5.82 Å². The van der Waals surface area contributed by atoms with Gasteiger partial charge in [-0.15, -0.1) is 0 Å². The second-order valence-electron chi connectivity index (χ2n) is 8.32. The van der Waals surface area contributed by atoms with E-state index in [1.165, 1.54) is 12.1 Å². The van der Waals surface area contributed by atoms with E-state index < -0.39 is 23.9 Å². The summed E-state index contributed by atoms with van der Waals surface area (Å²) >= 11 is 0. The summed E-state index contributed by atoms with van der Waals surface area (Å²) in [6.07, 6.45) is -3.27. The number of alkyl halides is 3. The summed E-state index contributed by atoms with van der Waals surface area (Å²) in [5.41, 5.74) is 2.53. The normalized spacial score (nSPS) is 15.3. The average molecular weight is 523 g/mol. The van der Waals surface area contributed by atoms with Crippen LogP contribution in [0.25, 0.3) is 11.1 Å². The van der Waals surface area contributed by atoms with Gasteiger partial charge in [-0.05, 0) is 54.7 Å². The molecule has 0 radical (unpaired) electrons. The van der Waals surface area contributed by atoms with Crippen molar-refractivity contribution in [3.63, 3.8) is 0 Å². The van der Waals surface area contributed by atoms with Crippen LogP contribution in [0.4, 0.5) is 23.2 Å². The van der Waals surface area contributed by atoms with Gasteiger partial charge in [0.25, 0.3) is 5.91 Å². The van der Waals surface area contributed by atoms with Crippen LogP contribution in [-0.2, 0) is 14.4 Å². The van der Waals surface area contributed by atoms with E-state index in [2.05, 4.69) is 16.0 Å². The molecule has 2 aromatic rings. The SMILES string of the molecule is COc1cccc(-c2ccc(NC(=O)C3=C(C(=O)NC4CNC4)CCC3)c(F)c2)c1.O=C(O)C(F)(F)F. The Labute approximate surface area is 209 Å². The summed E-state index contributed by atoms with van der Waals surface area (Å²) in [4.78, 5) is 34.1. The summed E-state index contributed by atoms with van der Waals surface area (Å²) < 4.78 is 51.6. The Bertz CT molecular complexity index is 1210. The maximum atomic E-state index is 14.7. The van der Waals surface area contributed by atoms with Crippen molar-refractivity contribution in [3.8, 4) is 16.9 Å². The zero-order chi connectivity index (χ0) is 27.2. The number of nitrogens with one attached hydrogen (secondary N) is 3. The first-order chi connectivity index (χ1) is 17.5. The van der Waals surface area contributed by atoms with E-state index in [-0.39, 0.29) is 17.6 Å². The van der Waals surface area contributed by atoms with Gasteiger partial charge in [-0.3, -0.25) is 9.59 Å². The molecule has 1 aliphatic heterocycles. The number of carbonyl (C=O) groups excluding carboxylic acids is 2. The lowest BCUT2D eigenvalue weighted by Gasteiger charge is -2.28. The number of carboxylic acids is 1.